The van der Waals surface area contributed by atoms with Crippen molar-refractivity contribution in [2.24, 2.45) is 28.9 Å². The second kappa shape index (κ2) is 13.7. The van der Waals surface area contributed by atoms with Gasteiger partial charge in [-0.1, -0.05) is 0 Å². The fraction of sp³-hybridized carbons (Fsp3) is 0.889. The van der Waals surface area contributed by atoms with Crippen LogP contribution in [-0.2, 0) is 19.0 Å². The summed E-state index contributed by atoms with van der Waals surface area (Å²) in [5.41, 5.74) is 23.3. The number of hydrogen-bond donors (Lipinski definition) is 11. The average Bonchev–Trinajstić information content (AvgIpc) is 2.92. The molecule has 2 heterocycles. The second-order valence-corrected chi connectivity index (χ2v) is 12.7. The van der Waals surface area contributed by atoms with Crippen LogP contribution in [0.1, 0.15) is 39.0 Å². The fourth-order valence-electron chi connectivity index (χ4n) is 6.59. The lowest BCUT2D eigenvalue weighted by molar-refractivity contribution is -0.297. The molecule has 15 heteroatoms. The monoisotopic (exact) mass is 601 g/mol. The summed E-state index contributed by atoms with van der Waals surface area (Å²) >= 11 is 0. The van der Waals surface area contributed by atoms with Crippen molar-refractivity contribution in [2.45, 2.75) is 111 Å². The van der Waals surface area contributed by atoms with Crippen LogP contribution >= 0.6 is 0 Å². The molecular formula is C27H51N7O8. The highest BCUT2D eigenvalue weighted by atomic mass is 16.7. The molecule has 15 nitrogen and oxygen atoms in total. The number of ether oxygens (including phenoxy) is 3. The molecule has 12 atom stereocenters. The molecule has 242 valence electrons. The van der Waals surface area contributed by atoms with Crippen LogP contribution < -0.4 is 38.9 Å². The zero-order valence-electron chi connectivity index (χ0n) is 24.5. The lowest BCUT2D eigenvalue weighted by Gasteiger charge is -2.50. The molecule has 3 fully saturated rings. The lowest BCUT2D eigenvalue weighted by Crippen LogP contribution is -2.69. The van der Waals surface area contributed by atoms with Crippen molar-refractivity contribution >= 4 is 5.91 Å². The highest BCUT2D eigenvalue weighted by Crippen LogP contribution is 2.36. The van der Waals surface area contributed by atoms with Crippen molar-refractivity contribution in [3.05, 3.63) is 11.8 Å². The largest absolute Gasteiger partial charge is 0.492 e. The molecule has 42 heavy (non-hydrogen) atoms. The Morgan fingerprint density at radius 2 is 1.95 bits per heavy atom. The van der Waals surface area contributed by atoms with Gasteiger partial charge < -0.3 is 73.5 Å². The highest BCUT2D eigenvalue weighted by Gasteiger charge is 2.53. The summed E-state index contributed by atoms with van der Waals surface area (Å²) in [5, 5.41) is 52.3. The number of carbonyl (C=O) groups excluding carboxylic acids is 1. The van der Waals surface area contributed by atoms with E-state index in [9.17, 15) is 25.2 Å². The van der Waals surface area contributed by atoms with Gasteiger partial charge in [-0.3, -0.25) is 4.79 Å². The maximum Gasteiger partial charge on any atom is 0.250 e. The standard InChI is InChI=1S/C27H51N7O8/c1-26(39)12-40-25(20(37)23(26)32-2)42-22-16(34-24(38)17(35)9-28)8-15(30)18(19(22)36)21-14(29)5-4-13(41-21)10-33-11-27(31)6-3-7-27/h4,14-23,25,32-33,35-37,39H,3,5-12,28-31H2,1-2H3,(H,34,38)/t14-,15+,16-,17+,18?,19+,20-,21+,22+,23-,25-,26+/m1/s1. The molecule has 4 rings (SSSR count). The number of nitrogens with one attached hydrogen (secondary N) is 3. The molecule has 0 aromatic carbocycles. The van der Waals surface area contributed by atoms with Crippen molar-refractivity contribution in [3.8, 4) is 0 Å². The van der Waals surface area contributed by atoms with Crippen LogP contribution in [0.3, 0.4) is 0 Å². The third kappa shape index (κ3) is 7.25. The van der Waals surface area contributed by atoms with E-state index in [1.165, 1.54) is 6.92 Å². The van der Waals surface area contributed by atoms with E-state index in [1.54, 1.807) is 7.05 Å². The van der Waals surface area contributed by atoms with E-state index in [-0.39, 0.29) is 25.1 Å². The summed E-state index contributed by atoms with van der Waals surface area (Å²) in [4.78, 5) is 12.6. The van der Waals surface area contributed by atoms with Gasteiger partial charge in [-0.25, -0.2) is 0 Å². The van der Waals surface area contributed by atoms with Crippen LogP contribution in [0.5, 0.6) is 0 Å². The van der Waals surface area contributed by atoms with Gasteiger partial charge in [0.25, 0.3) is 0 Å². The predicted molar refractivity (Wildman–Crippen MR) is 152 cm³/mol. The molecule has 1 amide bonds. The van der Waals surface area contributed by atoms with Crippen LogP contribution in [0, 0.1) is 5.92 Å². The number of aliphatic hydroxyl groups excluding tert-OH is 3. The first-order valence-corrected chi connectivity index (χ1v) is 14.9. The first kappa shape index (κ1) is 33.4. The molecule has 0 spiro atoms. The Kier molecular flexibility index (Phi) is 10.9. The normalized spacial score (nSPS) is 42.6. The molecule has 0 aromatic rings. The Bertz CT molecular complexity index is 953. The van der Waals surface area contributed by atoms with Crippen LogP contribution in [0.25, 0.3) is 0 Å². The smallest absolute Gasteiger partial charge is 0.250 e. The predicted octanol–water partition coefficient (Wildman–Crippen LogP) is -4.59. The number of hydrogen-bond acceptors (Lipinski definition) is 14. The fourth-order valence-corrected chi connectivity index (χ4v) is 6.59. The molecule has 1 saturated heterocycles. The quantitative estimate of drug-likeness (QED) is 0.106. The Morgan fingerprint density at radius 3 is 2.57 bits per heavy atom. The minimum absolute atomic E-state index is 0.144. The van der Waals surface area contributed by atoms with Gasteiger partial charge in [-0.2, -0.15) is 0 Å². The van der Waals surface area contributed by atoms with Crippen molar-refractivity contribution in [3.63, 3.8) is 0 Å². The van der Waals surface area contributed by atoms with Crippen LogP contribution in [0.2, 0.25) is 0 Å². The van der Waals surface area contributed by atoms with E-state index < -0.39 is 78.4 Å². The van der Waals surface area contributed by atoms with Gasteiger partial charge in [-0.15, -0.1) is 0 Å². The van der Waals surface area contributed by atoms with Crippen molar-refractivity contribution < 1.29 is 39.4 Å². The summed E-state index contributed by atoms with van der Waals surface area (Å²) in [5.74, 6) is -0.785. The first-order valence-electron chi connectivity index (χ1n) is 14.9. The maximum absolute atomic E-state index is 12.6. The summed E-state index contributed by atoms with van der Waals surface area (Å²) in [7, 11) is 1.59. The zero-order chi connectivity index (χ0) is 30.8. The molecule has 15 N–H and O–H groups in total. The van der Waals surface area contributed by atoms with Gasteiger partial charge in [0, 0.05) is 36.6 Å². The molecule has 2 aliphatic carbocycles. The van der Waals surface area contributed by atoms with E-state index in [2.05, 4.69) is 16.0 Å². The molecule has 4 aliphatic rings. The molecule has 0 radical (unpaired) electrons. The molecule has 1 unspecified atom stereocenters. The second-order valence-electron chi connectivity index (χ2n) is 12.7. The Balaban J connectivity index is 1.51. The SMILES string of the molecule is CN[C@@H]1[C@@H](O)[C@@H](O[C@H]2[C@H](NC(=O)[C@@H](O)CN)C[C@H](N)C([C@H]3OC(CNCC4(N)CCC4)=CC[C@H]3N)[C@@H]2O)OC[C@]1(C)O. The maximum atomic E-state index is 12.6. The van der Waals surface area contributed by atoms with Gasteiger partial charge >= 0.3 is 0 Å². The summed E-state index contributed by atoms with van der Waals surface area (Å²) < 4.78 is 18.1. The third-order valence-corrected chi connectivity index (χ3v) is 9.27. The minimum atomic E-state index is -1.47. The van der Waals surface area contributed by atoms with Crippen molar-refractivity contribution in [2.75, 3.05) is 33.3 Å². The zero-order valence-corrected chi connectivity index (χ0v) is 24.5. The van der Waals surface area contributed by atoms with Gasteiger partial charge in [0.1, 0.15) is 35.8 Å². The lowest BCUT2D eigenvalue weighted by atomic mass is 9.72. The molecule has 2 saturated carbocycles. The van der Waals surface area contributed by atoms with Gasteiger partial charge in [0.2, 0.25) is 5.91 Å². The number of carbonyl (C=O) groups is 1. The summed E-state index contributed by atoms with van der Waals surface area (Å²) in [6, 6.07) is -2.82. The van der Waals surface area contributed by atoms with E-state index >= 15 is 0 Å². The van der Waals surface area contributed by atoms with Gasteiger partial charge in [0.15, 0.2) is 6.29 Å². The van der Waals surface area contributed by atoms with E-state index in [4.69, 9.17) is 37.1 Å². The van der Waals surface area contributed by atoms with Crippen LogP contribution in [0.4, 0.5) is 0 Å². The number of aliphatic hydroxyl groups is 4. The topological polar surface area (TPSA) is 266 Å². The van der Waals surface area contributed by atoms with E-state index in [1.807, 2.05) is 6.08 Å². The van der Waals surface area contributed by atoms with Crippen molar-refractivity contribution in [1.29, 1.82) is 0 Å². The van der Waals surface area contributed by atoms with E-state index in [0.717, 1.165) is 19.3 Å². The van der Waals surface area contributed by atoms with E-state index in [0.29, 0.717) is 25.3 Å². The van der Waals surface area contributed by atoms with Crippen LogP contribution in [0.15, 0.2) is 11.8 Å². The molecular weight excluding hydrogens is 550 g/mol. The summed E-state index contributed by atoms with van der Waals surface area (Å²) in [6.45, 7) is 2.17. The summed E-state index contributed by atoms with van der Waals surface area (Å²) in [6.07, 6.45) is -1.53. The van der Waals surface area contributed by atoms with Crippen LogP contribution in [-0.4, -0.2) is 132 Å². The number of likely N-dealkylation sites (N-methyl/N-ethyl adjacent to an activating group) is 1. The Morgan fingerprint density at radius 1 is 1.24 bits per heavy atom. The van der Waals surface area contributed by atoms with Gasteiger partial charge in [0.05, 0.1) is 31.3 Å². The minimum Gasteiger partial charge on any atom is -0.492 e. The average molecular weight is 602 g/mol. The Labute approximate surface area is 246 Å². The first-order chi connectivity index (χ1) is 19.8. The number of nitrogens with two attached hydrogens (primary N) is 4. The number of rotatable bonds is 11. The van der Waals surface area contributed by atoms with Crippen molar-refractivity contribution in [1.82, 2.24) is 16.0 Å². The Hall–Kier alpha value is -1.47. The molecule has 0 aromatic heterocycles. The number of amides is 1. The van der Waals surface area contributed by atoms with Gasteiger partial charge in [-0.05, 0) is 52.2 Å². The highest BCUT2D eigenvalue weighted by molar-refractivity contribution is 5.81. The third-order valence-electron chi connectivity index (χ3n) is 9.27. The molecule has 2 aliphatic heterocycles. The molecule has 0 bridgehead atoms.